The van der Waals surface area contributed by atoms with Gasteiger partial charge in [0.25, 0.3) is 0 Å². The van der Waals surface area contributed by atoms with Gasteiger partial charge in [0.2, 0.25) is 0 Å². The molecule has 0 fully saturated rings. The fourth-order valence-corrected chi connectivity index (χ4v) is 9.69. The van der Waals surface area contributed by atoms with Crippen LogP contribution in [0.5, 0.6) is 0 Å². The molecule has 4 nitrogen and oxygen atoms in total. The van der Waals surface area contributed by atoms with E-state index in [0.29, 0.717) is 0 Å². The van der Waals surface area contributed by atoms with Gasteiger partial charge in [-0.2, -0.15) is 0 Å². The Kier molecular flexibility index (Phi) is 8.18. The third kappa shape index (κ3) is 5.77. The van der Waals surface area contributed by atoms with Gasteiger partial charge in [-0.15, -0.1) is 0 Å². The lowest BCUT2D eigenvalue weighted by molar-refractivity contribution is 0.664. The van der Waals surface area contributed by atoms with Crippen LogP contribution < -0.4 is 4.90 Å². The lowest BCUT2D eigenvalue weighted by Gasteiger charge is -2.26. The zero-order valence-corrected chi connectivity index (χ0v) is 34.5. The van der Waals surface area contributed by atoms with Crippen LogP contribution >= 0.6 is 0 Å². The van der Waals surface area contributed by atoms with Crippen molar-refractivity contribution < 1.29 is 13.3 Å². The van der Waals surface area contributed by atoms with E-state index in [4.69, 9.17) is 13.3 Å². The molecular weight excluding hydrogens is 783 g/mol. The fraction of sp³-hybridized carbons (Fsp3) is 0. The van der Waals surface area contributed by atoms with Crippen LogP contribution in [0, 0.1) is 0 Å². The van der Waals surface area contributed by atoms with E-state index in [-0.39, 0.29) is 0 Å². The van der Waals surface area contributed by atoms with Crippen LogP contribution in [0.2, 0.25) is 0 Å². The van der Waals surface area contributed by atoms with Crippen LogP contribution in [-0.4, -0.2) is 0 Å². The maximum absolute atomic E-state index is 7.08. The average Bonchev–Trinajstić information content (AvgIpc) is 4.06. The van der Waals surface area contributed by atoms with E-state index in [1.54, 1.807) is 0 Å². The minimum atomic E-state index is 0.797. The maximum Gasteiger partial charge on any atom is 0.144 e. The molecule has 13 aromatic rings. The monoisotopic (exact) mass is 819 g/mol. The van der Waals surface area contributed by atoms with Crippen molar-refractivity contribution in [2.45, 2.75) is 0 Å². The molecule has 0 N–H and O–H groups in total. The number of hydrogen-bond donors (Lipinski definition) is 0. The second kappa shape index (κ2) is 14.5. The number of para-hydroxylation sites is 3. The molecule has 13 rings (SSSR count). The van der Waals surface area contributed by atoms with Crippen molar-refractivity contribution >= 4 is 82.9 Å². The summed E-state index contributed by atoms with van der Waals surface area (Å²) in [5.41, 5.74) is 17.0. The Balaban J connectivity index is 1.02. The van der Waals surface area contributed by atoms with Gasteiger partial charge in [-0.3, -0.25) is 0 Å². The number of nitrogens with zero attached hydrogens (tertiary/aromatic N) is 1. The molecule has 0 aliphatic carbocycles. The van der Waals surface area contributed by atoms with Crippen molar-refractivity contribution in [3.63, 3.8) is 0 Å². The normalized spacial score (nSPS) is 11.8. The van der Waals surface area contributed by atoms with Crippen LogP contribution in [0.15, 0.2) is 238 Å². The van der Waals surface area contributed by atoms with Crippen LogP contribution in [0.1, 0.15) is 0 Å². The first-order chi connectivity index (χ1) is 31.7. The zero-order valence-electron chi connectivity index (χ0n) is 34.5. The summed E-state index contributed by atoms with van der Waals surface area (Å²) < 4.78 is 20.3. The van der Waals surface area contributed by atoms with Gasteiger partial charge in [-0.1, -0.05) is 170 Å². The summed E-state index contributed by atoms with van der Waals surface area (Å²) in [6, 6.07) is 79.0. The minimum Gasteiger partial charge on any atom is -0.456 e. The molecule has 64 heavy (non-hydrogen) atoms. The van der Waals surface area contributed by atoms with Gasteiger partial charge in [0.15, 0.2) is 0 Å². The zero-order chi connectivity index (χ0) is 42.1. The van der Waals surface area contributed by atoms with Gasteiger partial charge < -0.3 is 18.2 Å². The molecule has 0 saturated carbocycles. The van der Waals surface area contributed by atoms with E-state index in [2.05, 4.69) is 205 Å². The quantitative estimate of drug-likeness (QED) is 0.161. The first kappa shape index (κ1) is 36.1. The highest BCUT2D eigenvalue weighted by Crippen LogP contribution is 2.49. The Morgan fingerprint density at radius 3 is 1.47 bits per heavy atom. The van der Waals surface area contributed by atoms with Crippen LogP contribution in [0.4, 0.5) is 17.1 Å². The summed E-state index contributed by atoms with van der Waals surface area (Å²) >= 11 is 0. The SMILES string of the molecule is c1ccc(-c2ccc(-c3c4oc5cccc(N(c6ccc(-c7ccccc7)cc6)c6ccc(-c7cccc8c7oc7ccccc78)cc6)c5c4cc4oc5ccccc5c34)cc2)cc1. The van der Waals surface area contributed by atoms with Crippen molar-refractivity contribution in [1.82, 2.24) is 0 Å². The maximum atomic E-state index is 7.08. The van der Waals surface area contributed by atoms with Crippen molar-refractivity contribution in [3.8, 4) is 44.5 Å². The first-order valence-corrected chi connectivity index (χ1v) is 21.7. The highest BCUT2D eigenvalue weighted by molar-refractivity contribution is 6.25. The largest absolute Gasteiger partial charge is 0.456 e. The highest BCUT2D eigenvalue weighted by atomic mass is 16.3. The molecule has 3 heterocycles. The number of furan rings is 3. The topological polar surface area (TPSA) is 42.7 Å². The lowest BCUT2D eigenvalue weighted by atomic mass is 9.94. The third-order valence-electron chi connectivity index (χ3n) is 12.7. The molecule has 0 bridgehead atoms. The van der Waals surface area contributed by atoms with Crippen LogP contribution in [0.25, 0.3) is 110 Å². The first-order valence-electron chi connectivity index (χ1n) is 21.7. The lowest BCUT2D eigenvalue weighted by Crippen LogP contribution is -2.10. The summed E-state index contributed by atoms with van der Waals surface area (Å²) in [5, 5.41) is 6.32. The van der Waals surface area contributed by atoms with E-state index >= 15 is 0 Å². The minimum absolute atomic E-state index is 0.797. The Labute approximate surface area is 368 Å². The number of benzene rings is 10. The molecule has 300 valence electrons. The standard InChI is InChI=1S/C60H37NO3/c1-3-13-38(14-4-1)40-25-27-43(28-26-40)56-58-49-18-8-10-23-53(49)62-55(58)37-50-57-51(21-12-24-54(57)64-60(50)56)61(44-33-29-41(30-34-44)39-15-5-2-6-16-39)45-35-31-42(32-36-45)46-19-11-20-48-47-17-7-9-22-52(47)63-59(46)48/h1-37H. The van der Waals surface area contributed by atoms with Crippen molar-refractivity contribution in [2.24, 2.45) is 0 Å². The summed E-state index contributed by atoms with van der Waals surface area (Å²) in [6.07, 6.45) is 0. The number of fused-ring (bicyclic) bond motifs is 9. The summed E-state index contributed by atoms with van der Waals surface area (Å²) in [5.74, 6) is 0. The summed E-state index contributed by atoms with van der Waals surface area (Å²) in [4.78, 5) is 2.34. The van der Waals surface area contributed by atoms with Crippen molar-refractivity contribution in [3.05, 3.63) is 224 Å². The van der Waals surface area contributed by atoms with Gasteiger partial charge in [0.1, 0.15) is 33.5 Å². The second-order valence-electron chi connectivity index (χ2n) is 16.4. The van der Waals surface area contributed by atoms with Gasteiger partial charge in [-0.05, 0) is 88.0 Å². The highest BCUT2D eigenvalue weighted by Gasteiger charge is 2.25. The van der Waals surface area contributed by atoms with E-state index < -0.39 is 0 Å². The van der Waals surface area contributed by atoms with Crippen molar-refractivity contribution in [1.29, 1.82) is 0 Å². The molecule has 0 atom stereocenters. The number of hydrogen-bond acceptors (Lipinski definition) is 4. The molecule has 3 aromatic heterocycles. The molecule has 0 saturated heterocycles. The smallest absolute Gasteiger partial charge is 0.144 e. The molecule has 4 heteroatoms. The average molecular weight is 820 g/mol. The van der Waals surface area contributed by atoms with E-state index in [0.717, 1.165) is 116 Å². The Hall–Kier alpha value is -8.60. The Morgan fingerprint density at radius 2 is 0.781 bits per heavy atom. The second-order valence-corrected chi connectivity index (χ2v) is 16.4. The predicted octanol–water partition coefficient (Wildman–Crippen LogP) is 17.5. The fourth-order valence-electron chi connectivity index (χ4n) is 9.69. The van der Waals surface area contributed by atoms with Gasteiger partial charge >= 0.3 is 0 Å². The Morgan fingerprint density at radius 1 is 0.281 bits per heavy atom. The van der Waals surface area contributed by atoms with Gasteiger partial charge in [-0.25, -0.2) is 0 Å². The van der Waals surface area contributed by atoms with Crippen molar-refractivity contribution in [2.75, 3.05) is 4.90 Å². The molecule has 0 spiro atoms. The molecule has 0 aliphatic heterocycles. The van der Waals surface area contributed by atoms with Crippen LogP contribution in [0.3, 0.4) is 0 Å². The molecule has 0 aliphatic rings. The molecular formula is C60H37NO3. The third-order valence-corrected chi connectivity index (χ3v) is 12.7. The van der Waals surface area contributed by atoms with E-state index in [9.17, 15) is 0 Å². The predicted molar refractivity (Wildman–Crippen MR) is 265 cm³/mol. The van der Waals surface area contributed by atoms with E-state index in [1.807, 2.05) is 24.3 Å². The molecule has 0 radical (unpaired) electrons. The molecule has 0 unspecified atom stereocenters. The van der Waals surface area contributed by atoms with Gasteiger partial charge in [0.05, 0.1) is 11.1 Å². The van der Waals surface area contributed by atoms with E-state index in [1.165, 1.54) is 11.1 Å². The summed E-state index contributed by atoms with van der Waals surface area (Å²) in [7, 11) is 0. The number of rotatable bonds is 7. The van der Waals surface area contributed by atoms with Gasteiger partial charge in [0, 0.05) is 49.4 Å². The Bertz CT molecular complexity index is 3860. The molecule has 0 amide bonds. The van der Waals surface area contributed by atoms with Crippen LogP contribution in [-0.2, 0) is 0 Å². The number of anilines is 3. The summed E-state index contributed by atoms with van der Waals surface area (Å²) in [6.45, 7) is 0. The molecule has 10 aromatic carbocycles.